The van der Waals surface area contributed by atoms with Crippen molar-refractivity contribution in [2.75, 3.05) is 0 Å². The molecule has 0 aliphatic rings. The third kappa shape index (κ3) is 3.59. The Morgan fingerprint density at radius 3 is 2.89 bits per heavy atom. The molecule has 1 unspecified atom stereocenters. The maximum absolute atomic E-state index is 11.8. The smallest absolute Gasteiger partial charge is 0.270 e. The molecular formula is C13H14N2O3. The number of carbonyl (C=O) groups is 1. The summed E-state index contributed by atoms with van der Waals surface area (Å²) >= 11 is 0. The summed E-state index contributed by atoms with van der Waals surface area (Å²) < 4.78 is 0. The van der Waals surface area contributed by atoms with Crippen molar-refractivity contribution in [3.8, 4) is 12.3 Å². The summed E-state index contributed by atoms with van der Waals surface area (Å²) in [5.41, 5.74) is 0.121. The first-order valence-corrected chi connectivity index (χ1v) is 5.60. The van der Waals surface area contributed by atoms with E-state index in [1.165, 1.54) is 24.3 Å². The van der Waals surface area contributed by atoms with Crippen LogP contribution in [0.3, 0.4) is 0 Å². The van der Waals surface area contributed by atoms with Gasteiger partial charge in [-0.15, -0.1) is 6.42 Å². The minimum absolute atomic E-state index is 0.115. The molecule has 0 aliphatic carbocycles. The molecule has 0 bridgehead atoms. The fourth-order valence-corrected chi connectivity index (χ4v) is 1.49. The first-order valence-electron chi connectivity index (χ1n) is 5.60. The molecule has 5 nitrogen and oxygen atoms in total. The normalized spacial score (nSPS) is 11.3. The third-order valence-corrected chi connectivity index (χ3v) is 2.40. The Bertz CT molecular complexity index is 491. The summed E-state index contributed by atoms with van der Waals surface area (Å²) in [6.45, 7) is 1.96. The van der Waals surface area contributed by atoms with E-state index in [1.54, 1.807) is 0 Å². The average Bonchev–Trinajstić information content (AvgIpc) is 2.38. The van der Waals surface area contributed by atoms with Gasteiger partial charge in [0.25, 0.3) is 11.6 Å². The lowest BCUT2D eigenvalue weighted by Crippen LogP contribution is -2.33. The number of nitrogens with zero attached hydrogens (tertiary/aromatic N) is 1. The highest BCUT2D eigenvalue weighted by molar-refractivity contribution is 5.95. The Balaban J connectivity index is 2.81. The van der Waals surface area contributed by atoms with Gasteiger partial charge < -0.3 is 5.32 Å². The second-order valence-electron chi connectivity index (χ2n) is 3.79. The second kappa shape index (κ2) is 6.40. The van der Waals surface area contributed by atoms with Crippen LogP contribution >= 0.6 is 0 Å². The third-order valence-electron chi connectivity index (χ3n) is 2.40. The minimum Gasteiger partial charge on any atom is -0.338 e. The molecule has 0 aromatic heterocycles. The van der Waals surface area contributed by atoms with Gasteiger partial charge in [0.05, 0.1) is 11.0 Å². The topological polar surface area (TPSA) is 72.2 Å². The fourth-order valence-electron chi connectivity index (χ4n) is 1.49. The van der Waals surface area contributed by atoms with Crippen LogP contribution in [0, 0.1) is 22.5 Å². The molecule has 1 atom stereocenters. The summed E-state index contributed by atoms with van der Waals surface area (Å²) in [6, 6.07) is 5.21. The molecule has 1 amide bonds. The number of non-ortho nitro benzene ring substituents is 1. The number of benzene rings is 1. The van der Waals surface area contributed by atoms with Gasteiger partial charge in [-0.25, -0.2) is 0 Å². The van der Waals surface area contributed by atoms with Crippen molar-refractivity contribution in [1.82, 2.24) is 5.32 Å². The number of amides is 1. The highest BCUT2D eigenvalue weighted by Gasteiger charge is 2.13. The van der Waals surface area contributed by atoms with Crippen LogP contribution in [0.25, 0.3) is 0 Å². The maximum atomic E-state index is 11.8. The number of nitrogens with one attached hydrogen (secondary N) is 1. The maximum Gasteiger partial charge on any atom is 0.270 e. The lowest BCUT2D eigenvalue weighted by molar-refractivity contribution is -0.384. The molecular weight excluding hydrogens is 232 g/mol. The number of hydrogen-bond acceptors (Lipinski definition) is 3. The standard InChI is InChI=1S/C13H14N2O3/c1-3-6-11(4-2)14-13(16)10-7-5-8-12(9-10)15(17)18/h2,5,7-9,11H,3,6H2,1H3,(H,14,16). The summed E-state index contributed by atoms with van der Waals surface area (Å²) in [5, 5.41) is 13.3. The predicted octanol–water partition coefficient (Wildman–Crippen LogP) is 2.13. The molecule has 0 spiro atoms. The largest absolute Gasteiger partial charge is 0.338 e. The highest BCUT2D eigenvalue weighted by atomic mass is 16.6. The van der Waals surface area contributed by atoms with E-state index in [0.717, 1.165) is 6.42 Å². The number of rotatable bonds is 5. The number of nitro groups is 1. The van der Waals surface area contributed by atoms with Gasteiger partial charge >= 0.3 is 0 Å². The van der Waals surface area contributed by atoms with Crippen LogP contribution in [-0.4, -0.2) is 16.9 Å². The summed E-state index contributed by atoms with van der Waals surface area (Å²) in [5.74, 6) is 2.08. The van der Waals surface area contributed by atoms with Gasteiger partial charge in [-0.05, 0) is 12.5 Å². The monoisotopic (exact) mass is 246 g/mol. The molecule has 0 fully saturated rings. The van der Waals surface area contributed by atoms with E-state index in [2.05, 4.69) is 11.2 Å². The van der Waals surface area contributed by atoms with Crippen molar-refractivity contribution < 1.29 is 9.72 Å². The van der Waals surface area contributed by atoms with Crippen molar-refractivity contribution in [2.24, 2.45) is 0 Å². The van der Waals surface area contributed by atoms with Crippen LogP contribution < -0.4 is 5.32 Å². The van der Waals surface area contributed by atoms with Gasteiger partial charge in [-0.2, -0.15) is 0 Å². The highest BCUT2D eigenvalue weighted by Crippen LogP contribution is 2.13. The number of hydrogen-bond donors (Lipinski definition) is 1. The van der Waals surface area contributed by atoms with Crippen molar-refractivity contribution in [2.45, 2.75) is 25.8 Å². The Kier molecular flexibility index (Phi) is 4.88. The molecule has 1 N–H and O–H groups in total. The van der Waals surface area contributed by atoms with Gasteiger partial charge in [0.2, 0.25) is 0 Å². The summed E-state index contributed by atoms with van der Waals surface area (Å²) in [6.07, 6.45) is 6.82. The molecule has 0 heterocycles. The van der Waals surface area contributed by atoms with Crippen LogP contribution in [0.5, 0.6) is 0 Å². The van der Waals surface area contributed by atoms with Crippen molar-refractivity contribution in [3.63, 3.8) is 0 Å². The molecule has 18 heavy (non-hydrogen) atoms. The Labute approximate surface area is 105 Å². The van der Waals surface area contributed by atoms with Gasteiger partial charge in [-0.1, -0.05) is 25.3 Å². The van der Waals surface area contributed by atoms with Crippen LogP contribution in [0.1, 0.15) is 30.1 Å². The van der Waals surface area contributed by atoms with Crippen LogP contribution in [-0.2, 0) is 0 Å². The van der Waals surface area contributed by atoms with Gasteiger partial charge in [0, 0.05) is 17.7 Å². The summed E-state index contributed by atoms with van der Waals surface area (Å²) in [7, 11) is 0. The molecule has 0 aliphatic heterocycles. The molecule has 1 aromatic rings. The van der Waals surface area contributed by atoms with Crippen LogP contribution in [0.4, 0.5) is 5.69 Å². The van der Waals surface area contributed by atoms with Crippen molar-refractivity contribution in [1.29, 1.82) is 0 Å². The molecule has 1 rings (SSSR count). The van der Waals surface area contributed by atoms with Crippen LogP contribution in [0.15, 0.2) is 24.3 Å². The Hall–Kier alpha value is -2.35. The number of nitro benzene ring substituents is 1. The van der Waals surface area contributed by atoms with Gasteiger partial charge in [0.1, 0.15) is 0 Å². The number of carbonyl (C=O) groups excluding carboxylic acids is 1. The van der Waals surface area contributed by atoms with E-state index in [0.29, 0.717) is 6.42 Å². The zero-order chi connectivity index (χ0) is 13.5. The van der Waals surface area contributed by atoms with E-state index in [4.69, 9.17) is 6.42 Å². The van der Waals surface area contributed by atoms with E-state index < -0.39 is 10.8 Å². The molecule has 0 saturated heterocycles. The quantitative estimate of drug-likeness (QED) is 0.491. The second-order valence-corrected chi connectivity index (χ2v) is 3.79. The van der Waals surface area contributed by atoms with Gasteiger partial charge in [-0.3, -0.25) is 14.9 Å². The molecule has 5 heteroatoms. The van der Waals surface area contributed by atoms with Gasteiger partial charge in [0.15, 0.2) is 0 Å². The first kappa shape index (κ1) is 13.7. The van der Waals surface area contributed by atoms with Crippen LogP contribution in [0.2, 0.25) is 0 Å². The van der Waals surface area contributed by atoms with Crippen molar-refractivity contribution in [3.05, 3.63) is 39.9 Å². The lowest BCUT2D eigenvalue weighted by atomic mass is 10.1. The van der Waals surface area contributed by atoms with E-state index in [9.17, 15) is 14.9 Å². The van der Waals surface area contributed by atoms with E-state index >= 15 is 0 Å². The Morgan fingerprint density at radius 2 is 2.33 bits per heavy atom. The van der Waals surface area contributed by atoms with E-state index in [1.807, 2.05) is 6.92 Å². The first-order chi connectivity index (χ1) is 8.58. The lowest BCUT2D eigenvalue weighted by Gasteiger charge is -2.11. The molecule has 94 valence electrons. The molecule has 0 radical (unpaired) electrons. The Morgan fingerprint density at radius 1 is 1.61 bits per heavy atom. The van der Waals surface area contributed by atoms with Crippen molar-refractivity contribution >= 4 is 11.6 Å². The SMILES string of the molecule is C#CC(CCC)NC(=O)c1cccc([N+](=O)[O-])c1. The minimum atomic E-state index is -0.540. The predicted molar refractivity (Wildman–Crippen MR) is 68.1 cm³/mol. The molecule has 0 saturated carbocycles. The summed E-state index contributed by atoms with van der Waals surface area (Å²) in [4.78, 5) is 21.9. The fraction of sp³-hybridized carbons (Fsp3) is 0.308. The zero-order valence-corrected chi connectivity index (χ0v) is 10.1. The average molecular weight is 246 g/mol. The van der Waals surface area contributed by atoms with E-state index in [-0.39, 0.29) is 17.3 Å². The number of terminal acetylenes is 1. The molecule has 1 aromatic carbocycles. The zero-order valence-electron chi connectivity index (χ0n) is 10.1.